The number of aliphatic hydroxyl groups is 2. The van der Waals surface area contributed by atoms with Gasteiger partial charge in [-0.05, 0) is 58.6 Å². The smallest absolute Gasteiger partial charge is 0.341 e. The number of carbonyl (C=O) groups is 5. The maximum Gasteiger partial charge on any atom is 0.341 e. The van der Waals surface area contributed by atoms with Gasteiger partial charge in [0, 0.05) is 25.3 Å². The van der Waals surface area contributed by atoms with Gasteiger partial charge in [0.2, 0.25) is 0 Å². The van der Waals surface area contributed by atoms with Crippen LogP contribution in [-0.2, 0) is 47.7 Å². The molecular weight excluding hydrogens is 612 g/mol. The number of esters is 5. The summed E-state index contributed by atoms with van der Waals surface area (Å²) in [6.07, 6.45) is 0.230. The van der Waals surface area contributed by atoms with E-state index in [1.807, 2.05) is 0 Å². The molecule has 3 aliphatic rings. The molecule has 1 heterocycles. The van der Waals surface area contributed by atoms with Gasteiger partial charge < -0.3 is 33.9 Å². The molecular formula is C35H52O12. The van der Waals surface area contributed by atoms with Crippen molar-refractivity contribution in [3.63, 3.8) is 0 Å². The highest BCUT2D eigenvalue weighted by atomic mass is 16.6. The quantitative estimate of drug-likeness (QED) is 0.0948. The van der Waals surface area contributed by atoms with Gasteiger partial charge in [0.05, 0.1) is 11.8 Å². The van der Waals surface area contributed by atoms with Crippen molar-refractivity contribution < 1.29 is 57.9 Å². The fraction of sp³-hybridized carbons (Fsp3) is 0.743. The van der Waals surface area contributed by atoms with E-state index >= 15 is 0 Å². The number of unbranched alkanes of at least 4 members (excludes halogenated alkanes) is 4. The zero-order valence-electron chi connectivity index (χ0n) is 29.2. The van der Waals surface area contributed by atoms with Crippen molar-refractivity contribution in [2.24, 2.45) is 11.8 Å². The van der Waals surface area contributed by atoms with Crippen molar-refractivity contribution in [2.75, 3.05) is 0 Å². The van der Waals surface area contributed by atoms with Gasteiger partial charge in [-0.2, -0.15) is 0 Å². The summed E-state index contributed by atoms with van der Waals surface area (Å²) in [5.74, 6) is -5.64. The molecule has 0 spiro atoms. The van der Waals surface area contributed by atoms with Crippen molar-refractivity contribution in [3.8, 4) is 0 Å². The minimum absolute atomic E-state index is 0.0758. The summed E-state index contributed by atoms with van der Waals surface area (Å²) in [5.41, 5.74) is -6.16. The molecule has 12 heteroatoms. The largest absolute Gasteiger partial charge is 0.459 e. The van der Waals surface area contributed by atoms with Crippen LogP contribution in [0.1, 0.15) is 114 Å². The first-order valence-corrected chi connectivity index (χ1v) is 16.7. The van der Waals surface area contributed by atoms with Gasteiger partial charge in [-0.1, -0.05) is 52.5 Å². The Balaban J connectivity index is 2.24. The van der Waals surface area contributed by atoms with E-state index in [0.29, 0.717) is 12.8 Å². The Labute approximate surface area is 277 Å². The van der Waals surface area contributed by atoms with Crippen LogP contribution < -0.4 is 0 Å². The van der Waals surface area contributed by atoms with Gasteiger partial charge in [-0.25, -0.2) is 9.59 Å². The van der Waals surface area contributed by atoms with Crippen molar-refractivity contribution in [1.82, 2.24) is 0 Å². The number of carbonyl (C=O) groups excluding carboxylic acids is 5. The van der Waals surface area contributed by atoms with Crippen molar-refractivity contribution >= 4 is 29.8 Å². The topological polar surface area (TPSA) is 172 Å². The van der Waals surface area contributed by atoms with Gasteiger partial charge >= 0.3 is 29.8 Å². The van der Waals surface area contributed by atoms with Crippen LogP contribution in [0.5, 0.6) is 0 Å². The maximum atomic E-state index is 13.4. The third-order valence-electron chi connectivity index (χ3n) is 10.1. The van der Waals surface area contributed by atoms with Crippen LogP contribution >= 0.6 is 0 Å². The Kier molecular flexibility index (Phi) is 12.1. The van der Waals surface area contributed by atoms with Gasteiger partial charge in [0.25, 0.3) is 0 Å². The van der Waals surface area contributed by atoms with E-state index in [0.717, 1.165) is 32.6 Å². The maximum absolute atomic E-state index is 13.4. The predicted molar refractivity (Wildman–Crippen MR) is 168 cm³/mol. The third-order valence-corrected chi connectivity index (χ3v) is 10.1. The molecule has 0 aromatic heterocycles. The molecule has 47 heavy (non-hydrogen) atoms. The summed E-state index contributed by atoms with van der Waals surface area (Å²) in [4.78, 5) is 65.6. The lowest BCUT2D eigenvalue weighted by atomic mass is 9.75. The summed E-state index contributed by atoms with van der Waals surface area (Å²) >= 11 is 0. The monoisotopic (exact) mass is 664 g/mol. The SMILES string of the molecule is C/C=C(/C)C(=O)O[C@@H]1C(C)=C2[C@H]3OC(=O)[C@](C)(O)[C@]3(O)[C@H](OC(=O)[C@H](C)CC)C[C@@](C)(OC(C)=O)[C@@H]2[C@H]1OC(=O)CCCCCCC. The highest BCUT2D eigenvalue weighted by Crippen LogP contribution is 2.57. The summed E-state index contributed by atoms with van der Waals surface area (Å²) in [7, 11) is 0. The van der Waals surface area contributed by atoms with E-state index < -0.39 is 89.3 Å². The van der Waals surface area contributed by atoms with Crippen molar-refractivity contribution in [3.05, 3.63) is 22.8 Å². The second kappa shape index (κ2) is 14.9. The molecule has 2 fully saturated rings. The van der Waals surface area contributed by atoms with E-state index in [1.54, 1.807) is 40.7 Å². The van der Waals surface area contributed by atoms with Crippen molar-refractivity contribution in [2.45, 2.75) is 155 Å². The van der Waals surface area contributed by atoms with E-state index in [2.05, 4.69) is 6.92 Å². The van der Waals surface area contributed by atoms with Crippen molar-refractivity contribution in [1.29, 1.82) is 0 Å². The molecule has 1 aliphatic heterocycles. The molecule has 3 rings (SSSR count). The molecule has 2 aliphatic carbocycles. The Hall–Kier alpha value is -3.25. The van der Waals surface area contributed by atoms with E-state index in [-0.39, 0.29) is 23.1 Å². The molecule has 264 valence electrons. The molecule has 12 nitrogen and oxygen atoms in total. The number of fused-ring (bicyclic) bond motifs is 3. The Bertz CT molecular complexity index is 1300. The van der Waals surface area contributed by atoms with E-state index in [9.17, 15) is 34.2 Å². The summed E-state index contributed by atoms with van der Waals surface area (Å²) in [5, 5.41) is 24.0. The van der Waals surface area contributed by atoms with Crippen LogP contribution in [0.4, 0.5) is 0 Å². The predicted octanol–water partition coefficient (Wildman–Crippen LogP) is 4.17. The molecule has 0 radical (unpaired) electrons. The highest BCUT2D eigenvalue weighted by molar-refractivity contribution is 5.88. The van der Waals surface area contributed by atoms with Crippen LogP contribution in [0.25, 0.3) is 0 Å². The zero-order chi connectivity index (χ0) is 35.5. The summed E-state index contributed by atoms with van der Waals surface area (Å²) in [6.45, 7) is 14.1. The average Bonchev–Trinajstić information content (AvgIpc) is 3.33. The molecule has 2 N–H and O–H groups in total. The second-order valence-corrected chi connectivity index (χ2v) is 13.6. The van der Waals surface area contributed by atoms with E-state index in [1.165, 1.54) is 13.8 Å². The molecule has 1 saturated carbocycles. The lowest BCUT2D eigenvalue weighted by molar-refractivity contribution is -0.214. The standard InChI is InChI=1S/C35H52O12/c1-10-13-14-15-16-17-24(37)44-28-26-25(21(6)27(28)45-31(39)20(5)12-3)29-35(42,34(9,41)32(40)46-29)23(43-30(38)19(4)11-2)18-33(26,8)47-22(7)36/h12,19,23,26-29,41-42H,10-11,13-18H2,1-9H3/b20-12-/t19-,23-,26+,27-,28-,29-,33-,34+,35+/m1/s1. The lowest BCUT2D eigenvalue weighted by Gasteiger charge is -2.42. The van der Waals surface area contributed by atoms with Gasteiger partial charge in [-0.15, -0.1) is 0 Å². The fourth-order valence-electron chi connectivity index (χ4n) is 6.90. The van der Waals surface area contributed by atoms with Crippen LogP contribution in [0.2, 0.25) is 0 Å². The van der Waals surface area contributed by atoms with Gasteiger partial charge in [0.15, 0.2) is 29.5 Å². The fourth-order valence-corrected chi connectivity index (χ4v) is 6.90. The Morgan fingerprint density at radius 2 is 1.66 bits per heavy atom. The summed E-state index contributed by atoms with van der Waals surface area (Å²) < 4.78 is 29.5. The Morgan fingerprint density at radius 3 is 2.23 bits per heavy atom. The number of hydrogen-bond donors (Lipinski definition) is 2. The first-order chi connectivity index (χ1) is 21.9. The highest BCUT2D eigenvalue weighted by Gasteiger charge is 2.76. The minimum atomic E-state index is -2.58. The molecule has 0 amide bonds. The van der Waals surface area contributed by atoms with Gasteiger partial charge in [0.1, 0.15) is 11.7 Å². The third kappa shape index (κ3) is 7.28. The lowest BCUT2D eigenvalue weighted by Crippen LogP contribution is -2.64. The second-order valence-electron chi connectivity index (χ2n) is 13.6. The average molecular weight is 665 g/mol. The van der Waals surface area contributed by atoms with E-state index in [4.69, 9.17) is 23.7 Å². The zero-order valence-corrected chi connectivity index (χ0v) is 29.2. The molecule has 9 atom stereocenters. The summed E-state index contributed by atoms with van der Waals surface area (Å²) in [6, 6.07) is 0. The molecule has 0 bridgehead atoms. The molecule has 1 saturated heterocycles. The first-order valence-electron chi connectivity index (χ1n) is 16.7. The number of allylic oxidation sites excluding steroid dienone is 1. The van der Waals surface area contributed by atoms with Crippen LogP contribution in [0.3, 0.4) is 0 Å². The normalized spacial score (nSPS) is 34.1. The Morgan fingerprint density at radius 1 is 1.02 bits per heavy atom. The minimum Gasteiger partial charge on any atom is -0.459 e. The molecule has 0 aromatic rings. The number of ether oxygens (including phenoxy) is 5. The first kappa shape index (κ1) is 38.2. The van der Waals surface area contributed by atoms with Crippen LogP contribution in [0, 0.1) is 11.8 Å². The number of hydrogen-bond acceptors (Lipinski definition) is 12. The van der Waals surface area contributed by atoms with Gasteiger partial charge in [-0.3, -0.25) is 14.4 Å². The molecule has 0 aromatic carbocycles. The number of rotatable bonds is 13. The van der Waals surface area contributed by atoms with Crippen LogP contribution in [-0.4, -0.2) is 81.3 Å². The molecule has 0 unspecified atom stereocenters. The van der Waals surface area contributed by atoms with Crippen LogP contribution in [0.15, 0.2) is 22.8 Å².